The van der Waals surface area contributed by atoms with Crippen LogP contribution in [0.1, 0.15) is 100 Å². The number of carboxylic acids is 1. The highest BCUT2D eigenvalue weighted by molar-refractivity contribution is 5.77. The van der Waals surface area contributed by atoms with Crippen molar-refractivity contribution in [3.05, 3.63) is 23.3 Å². The summed E-state index contributed by atoms with van der Waals surface area (Å²) < 4.78 is 0. The smallest absolute Gasteiger partial charge is 0.310 e. The lowest BCUT2D eigenvalue weighted by atomic mass is 9.34. The zero-order chi connectivity index (χ0) is 24.4. The van der Waals surface area contributed by atoms with Gasteiger partial charge < -0.3 is 10.2 Å². The molecule has 5 aliphatic carbocycles. The summed E-state index contributed by atoms with van der Waals surface area (Å²) in [6.45, 7) is 18.8. The highest BCUT2D eigenvalue weighted by Crippen LogP contribution is 2.76. The van der Waals surface area contributed by atoms with Crippen molar-refractivity contribution in [3.63, 3.8) is 0 Å². The van der Waals surface area contributed by atoms with E-state index >= 15 is 0 Å². The molecule has 0 saturated heterocycles. The van der Waals surface area contributed by atoms with E-state index in [9.17, 15) is 15.0 Å². The zero-order valence-corrected chi connectivity index (χ0v) is 22.2. The summed E-state index contributed by atoms with van der Waals surface area (Å²) in [4.78, 5) is 12.8. The van der Waals surface area contributed by atoms with E-state index in [2.05, 4.69) is 60.6 Å². The third-order valence-corrected chi connectivity index (χ3v) is 12.9. The Morgan fingerprint density at radius 1 is 0.970 bits per heavy atom. The molecular formula is C30H46O3. The molecule has 184 valence electrons. The molecule has 0 aromatic heterocycles. The van der Waals surface area contributed by atoms with E-state index in [4.69, 9.17) is 0 Å². The van der Waals surface area contributed by atoms with Crippen LogP contribution in [0.25, 0.3) is 0 Å². The first-order valence-corrected chi connectivity index (χ1v) is 13.5. The maximum Gasteiger partial charge on any atom is 0.310 e. The van der Waals surface area contributed by atoms with E-state index in [1.54, 1.807) is 5.57 Å². The quantitative estimate of drug-likeness (QED) is 0.419. The highest BCUT2D eigenvalue weighted by atomic mass is 16.4. The van der Waals surface area contributed by atoms with Gasteiger partial charge in [-0.2, -0.15) is 0 Å². The molecule has 2 N–H and O–H groups in total. The Labute approximate surface area is 201 Å². The molecular weight excluding hydrogens is 408 g/mol. The standard InChI is InChI=1S/C30H46O3/c1-18-11-14-30(24(31)32)16-15-26(5)20(23(30)29(18,8)33)9-10-22-27(26,6)13-12-21-25(3,4)17-19(2)28(21,22)7/h9,17-18,21-23,33H,10-16H2,1-8H3,(H,31,32)/t18-,21?,22?,23?,26-,27-,28+,29-,30+/m1/s1. The van der Waals surface area contributed by atoms with E-state index in [1.807, 2.05) is 6.92 Å². The average molecular weight is 455 g/mol. The molecule has 0 radical (unpaired) electrons. The Balaban J connectivity index is 1.67. The van der Waals surface area contributed by atoms with Crippen molar-refractivity contribution in [2.75, 3.05) is 0 Å². The van der Waals surface area contributed by atoms with E-state index in [1.165, 1.54) is 18.4 Å². The van der Waals surface area contributed by atoms with Crippen LogP contribution in [0.15, 0.2) is 23.3 Å². The summed E-state index contributed by atoms with van der Waals surface area (Å²) >= 11 is 0. The number of carboxylic acid groups (broad SMARTS) is 1. The zero-order valence-electron chi connectivity index (χ0n) is 22.2. The predicted molar refractivity (Wildman–Crippen MR) is 133 cm³/mol. The molecule has 33 heavy (non-hydrogen) atoms. The second-order valence-electron chi connectivity index (χ2n) is 14.3. The predicted octanol–water partition coefficient (Wildman–Crippen LogP) is 7.01. The molecule has 0 bridgehead atoms. The summed E-state index contributed by atoms with van der Waals surface area (Å²) in [6.07, 6.45) is 11.5. The van der Waals surface area contributed by atoms with E-state index in [0.717, 1.165) is 19.3 Å². The average Bonchev–Trinajstić information content (AvgIpc) is 2.89. The van der Waals surface area contributed by atoms with E-state index in [0.29, 0.717) is 24.7 Å². The van der Waals surface area contributed by atoms with Gasteiger partial charge in [0.2, 0.25) is 0 Å². The first-order valence-electron chi connectivity index (χ1n) is 13.5. The normalized spacial score (nSPS) is 54.8. The maximum absolute atomic E-state index is 12.8. The van der Waals surface area contributed by atoms with Crippen molar-refractivity contribution in [2.45, 2.75) is 106 Å². The molecule has 3 nitrogen and oxygen atoms in total. The number of allylic oxidation sites excluding steroid dienone is 3. The van der Waals surface area contributed by atoms with Gasteiger partial charge in [0, 0.05) is 5.92 Å². The summed E-state index contributed by atoms with van der Waals surface area (Å²) in [5.41, 5.74) is 1.50. The monoisotopic (exact) mass is 454 g/mol. The summed E-state index contributed by atoms with van der Waals surface area (Å²) in [5.74, 6) is 0.352. The lowest BCUT2D eigenvalue weighted by Gasteiger charge is -2.69. The summed E-state index contributed by atoms with van der Waals surface area (Å²) in [7, 11) is 0. The number of rotatable bonds is 1. The van der Waals surface area contributed by atoms with Crippen LogP contribution >= 0.6 is 0 Å². The molecule has 5 rings (SSSR count). The van der Waals surface area contributed by atoms with Gasteiger partial charge in [0.25, 0.3) is 0 Å². The molecule has 3 heteroatoms. The first kappa shape index (κ1) is 23.6. The minimum Gasteiger partial charge on any atom is -0.481 e. The van der Waals surface area contributed by atoms with Crippen molar-refractivity contribution in [1.29, 1.82) is 0 Å². The third-order valence-electron chi connectivity index (χ3n) is 12.9. The number of carbonyl (C=O) groups is 1. The Morgan fingerprint density at radius 2 is 1.64 bits per heavy atom. The Hall–Kier alpha value is -1.09. The molecule has 0 amide bonds. The summed E-state index contributed by atoms with van der Waals surface area (Å²) in [6, 6.07) is 0. The number of aliphatic hydroxyl groups is 1. The van der Waals surface area contributed by atoms with Gasteiger partial charge in [0.1, 0.15) is 0 Å². The Morgan fingerprint density at radius 3 is 2.27 bits per heavy atom. The third kappa shape index (κ3) is 2.54. The van der Waals surface area contributed by atoms with Crippen LogP contribution in [-0.2, 0) is 4.79 Å². The number of hydrogen-bond donors (Lipinski definition) is 2. The number of aliphatic carboxylic acids is 1. The topological polar surface area (TPSA) is 57.5 Å². The molecule has 3 fully saturated rings. The number of fused-ring (bicyclic) bond motifs is 7. The van der Waals surface area contributed by atoms with Crippen LogP contribution in [0.5, 0.6) is 0 Å². The van der Waals surface area contributed by atoms with Crippen LogP contribution in [0.3, 0.4) is 0 Å². The highest BCUT2D eigenvalue weighted by Gasteiger charge is 2.71. The number of hydrogen-bond acceptors (Lipinski definition) is 2. The fourth-order valence-electron chi connectivity index (χ4n) is 10.6. The molecule has 3 unspecified atom stereocenters. The van der Waals surface area contributed by atoms with Crippen LogP contribution < -0.4 is 0 Å². The van der Waals surface area contributed by atoms with Crippen molar-refractivity contribution in [1.82, 2.24) is 0 Å². The van der Waals surface area contributed by atoms with Gasteiger partial charge in [-0.25, -0.2) is 0 Å². The van der Waals surface area contributed by atoms with Crippen molar-refractivity contribution < 1.29 is 15.0 Å². The summed E-state index contributed by atoms with van der Waals surface area (Å²) in [5, 5.41) is 22.4. The second kappa shape index (κ2) is 6.56. The molecule has 0 aromatic carbocycles. The Kier molecular flexibility index (Phi) is 4.70. The van der Waals surface area contributed by atoms with Gasteiger partial charge in [-0.3, -0.25) is 4.79 Å². The van der Waals surface area contributed by atoms with Gasteiger partial charge in [0.15, 0.2) is 0 Å². The minimum atomic E-state index is -0.986. The van der Waals surface area contributed by atoms with E-state index in [-0.39, 0.29) is 33.5 Å². The van der Waals surface area contributed by atoms with Crippen molar-refractivity contribution >= 4 is 5.97 Å². The fourth-order valence-corrected chi connectivity index (χ4v) is 10.6. The van der Waals surface area contributed by atoms with Gasteiger partial charge in [-0.1, -0.05) is 64.8 Å². The second-order valence-corrected chi connectivity index (χ2v) is 14.3. The SMILES string of the molecule is CC1=CC(C)(C)C2CC[C@]3(C)C(CC=C4C5[C@](C(=O)O)(CC[C@@H](C)[C@@]5(C)O)CC[C@]43C)[C@@]12C. The molecule has 0 spiro atoms. The van der Waals surface area contributed by atoms with Crippen LogP contribution in [-0.4, -0.2) is 21.8 Å². The van der Waals surface area contributed by atoms with E-state index < -0.39 is 17.0 Å². The lowest BCUT2D eigenvalue weighted by molar-refractivity contribution is -0.197. The van der Waals surface area contributed by atoms with Crippen LogP contribution in [0.2, 0.25) is 0 Å². The molecule has 0 aromatic rings. The molecule has 5 aliphatic rings. The molecule has 3 saturated carbocycles. The van der Waals surface area contributed by atoms with Gasteiger partial charge in [0.05, 0.1) is 11.0 Å². The van der Waals surface area contributed by atoms with Crippen molar-refractivity contribution in [2.24, 2.45) is 50.7 Å². The van der Waals surface area contributed by atoms with Gasteiger partial charge >= 0.3 is 5.97 Å². The fraction of sp³-hybridized carbons (Fsp3) is 0.833. The van der Waals surface area contributed by atoms with Gasteiger partial charge in [-0.15, -0.1) is 0 Å². The maximum atomic E-state index is 12.8. The molecule has 9 atom stereocenters. The van der Waals surface area contributed by atoms with Gasteiger partial charge in [-0.05, 0) is 98.2 Å². The van der Waals surface area contributed by atoms with Crippen LogP contribution in [0, 0.1) is 50.7 Å². The first-order chi connectivity index (χ1) is 15.1. The van der Waals surface area contributed by atoms with Crippen molar-refractivity contribution in [3.8, 4) is 0 Å². The molecule has 0 heterocycles. The molecule has 0 aliphatic heterocycles. The van der Waals surface area contributed by atoms with Crippen LogP contribution in [0.4, 0.5) is 0 Å². The minimum absolute atomic E-state index is 0.0679. The lowest BCUT2D eigenvalue weighted by Crippen LogP contribution is -2.66. The Bertz CT molecular complexity index is 956. The largest absolute Gasteiger partial charge is 0.481 e.